The highest BCUT2D eigenvalue weighted by Gasteiger charge is 2.10. The van der Waals surface area contributed by atoms with Gasteiger partial charge < -0.3 is 4.57 Å². The molecule has 2 aromatic carbocycles. The zero-order valence-electron chi connectivity index (χ0n) is 11.3. The van der Waals surface area contributed by atoms with Crippen molar-refractivity contribution in [2.45, 2.75) is 13.0 Å². The first kappa shape index (κ1) is 11.5. The number of hydrogen-bond donors (Lipinski definition) is 0. The Morgan fingerprint density at radius 1 is 0.900 bits per heavy atom. The van der Waals surface area contributed by atoms with Gasteiger partial charge in [-0.05, 0) is 18.1 Å². The zero-order chi connectivity index (χ0) is 13.4. The largest absolute Gasteiger partial charge is 0.325 e. The van der Waals surface area contributed by atoms with Gasteiger partial charge in [-0.2, -0.15) is 0 Å². The molecule has 4 rings (SSSR count). The highest BCUT2D eigenvalue weighted by atomic mass is 15.0. The first-order chi connectivity index (χ1) is 9.93. The van der Waals surface area contributed by atoms with Crippen molar-refractivity contribution in [2.75, 3.05) is 6.54 Å². The monoisotopic (exact) mass is 260 g/mol. The van der Waals surface area contributed by atoms with Gasteiger partial charge in [0.15, 0.2) is 0 Å². The fourth-order valence-electron chi connectivity index (χ4n) is 2.98. The summed E-state index contributed by atoms with van der Waals surface area (Å²) in [5.74, 6) is 0. The van der Waals surface area contributed by atoms with Gasteiger partial charge in [-0.25, -0.2) is 0 Å². The number of benzene rings is 2. The molecule has 0 amide bonds. The predicted octanol–water partition coefficient (Wildman–Crippen LogP) is 2.49. The molecule has 0 bridgehead atoms. The lowest BCUT2D eigenvalue weighted by Crippen LogP contribution is -2.30. The minimum Gasteiger partial charge on any atom is -0.325 e. The van der Waals surface area contributed by atoms with Gasteiger partial charge in [-0.15, -0.1) is 0 Å². The molecule has 0 unspecified atom stereocenters. The molecule has 0 saturated heterocycles. The maximum atomic E-state index is 4.73. The molecule has 0 aliphatic carbocycles. The van der Waals surface area contributed by atoms with Crippen LogP contribution >= 0.6 is 0 Å². The maximum absolute atomic E-state index is 4.73. The topological polar surface area (TPSA) is 17.3 Å². The number of rotatable bonds is 1. The van der Waals surface area contributed by atoms with Crippen LogP contribution in [0.4, 0.5) is 0 Å². The van der Waals surface area contributed by atoms with Crippen molar-refractivity contribution in [3.05, 3.63) is 71.0 Å². The van der Waals surface area contributed by atoms with Crippen LogP contribution in [0, 0.1) is 0 Å². The molecular weight excluding hydrogens is 244 g/mol. The van der Waals surface area contributed by atoms with Crippen LogP contribution in [0.5, 0.6) is 0 Å². The summed E-state index contributed by atoms with van der Waals surface area (Å²) in [6.45, 7) is 2.00. The van der Waals surface area contributed by atoms with Crippen LogP contribution in [0.25, 0.3) is 16.8 Å². The van der Waals surface area contributed by atoms with Crippen molar-refractivity contribution < 1.29 is 0 Å². The van der Waals surface area contributed by atoms with Gasteiger partial charge in [-0.3, -0.25) is 4.99 Å². The van der Waals surface area contributed by atoms with Crippen LogP contribution in [0.2, 0.25) is 0 Å². The SMILES string of the molecule is C(c1ccccc1)=c1c2ccccc2c2n1CCCN=2. The molecule has 2 heterocycles. The van der Waals surface area contributed by atoms with Gasteiger partial charge in [-0.1, -0.05) is 54.6 Å². The van der Waals surface area contributed by atoms with Crippen molar-refractivity contribution in [3.8, 4) is 0 Å². The third-order valence-electron chi connectivity index (χ3n) is 3.89. The molecule has 20 heavy (non-hydrogen) atoms. The van der Waals surface area contributed by atoms with Crippen LogP contribution in [0.1, 0.15) is 12.0 Å². The summed E-state index contributed by atoms with van der Waals surface area (Å²) < 4.78 is 2.36. The smallest absolute Gasteiger partial charge is 0.136 e. The van der Waals surface area contributed by atoms with E-state index >= 15 is 0 Å². The number of fused-ring (bicyclic) bond motifs is 3. The predicted molar refractivity (Wildman–Crippen MR) is 82.2 cm³/mol. The van der Waals surface area contributed by atoms with E-state index in [0.29, 0.717) is 0 Å². The Morgan fingerprint density at radius 2 is 1.65 bits per heavy atom. The van der Waals surface area contributed by atoms with Crippen LogP contribution < -0.4 is 10.8 Å². The van der Waals surface area contributed by atoms with E-state index < -0.39 is 0 Å². The lowest BCUT2D eigenvalue weighted by Gasteiger charge is -2.08. The van der Waals surface area contributed by atoms with E-state index in [9.17, 15) is 0 Å². The molecule has 0 atom stereocenters. The Balaban J connectivity index is 2.12. The average Bonchev–Trinajstić information content (AvgIpc) is 2.84. The third-order valence-corrected chi connectivity index (χ3v) is 3.89. The first-order valence-corrected chi connectivity index (χ1v) is 7.12. The molecule has 2 heteroatoms. The van der Waals surface area contributed by atoms with E-state index in [1.165, 1.54) is 21.7 Å². The Labute approximate surface area is 117 Å². The molecule has 1 aromatic heterocycles. The van der Waals surface area contributed by atoms with Crippen molar-refractivity contribution in [1.29, 1.82) is 0 Å². The van der Waals surface area contributed by atoms with E-state index in [-0.39, 0.29) is 0 Å². The van der Waals surface area contributed by atoms with Crippen molar-refractivity contribution in [1.82, 2.24) is 4.57 Å². The Hall–Kier alpha value is -2.35. The third kappa shape index (κ3) is 1.76. The van der Waals surface area contributed by atoms with Gasteiger partial charge in [0.2, 0.25) is 0 Å². The summed E-state index contributed by atoms with van der Waals surface area (Å²) in [7, 11) is 0. The van der Waals surface area contributed by atoms with Gasteiger partial charge in [0.25, 0.3) is 0 Å². The van der Waals surface area contributed by atoms with Crippen molar-refractivity contribution in [2.24, 2.45) is 4.99 Å². The second-order valence-corrected chi connectivity index (χ2v) is 5.20. The van der Waals surface area contributed by atoms with E-state index in [1.54, 1.807) is 0 Å². The molecule has 0 radical (unpaired) electrons. The molecule has 98 valence electrons. The minimum absolute atomic E-state index is 0.943. The van der Waals surface area contributed by atoms with Crippen molar-refractivity contribution >= 4 is 16.8 Å². The summed E-state index contributed by atoms with van der Waals surface area (Å²) in [6.07, 6.45) is 3.40. The molecule has 2 nitrogen and oxygen atoms in total. The van der Waals surface area contributed by atoms with Crippen LogP contribution in [-0.4, -0.2) is 11.1 Å². The summed E-state index contributed by atoms with van der Waals surface area (Å²) in [5, 5.41) is 3.86. The van der Waals surface area contributed by atoms with E-state index in [0.717, 1.165) is 25.0 Å². The van der Waals surface area contributed by atoms with Gasteiger partial charge in [0.1, 0.15) is 5.49 Å². The number of nitrogens with zero attached hydrogens (tertiary/aromatic N) is 2. The molecule has 1 aliphatic rings. The number of hydrogen-bond acceptors (Lipinski definition) is 1. The minimum atomic E-state index is 0.943. The van der Waals surface area contributed by atoms with E-state index in [2.05, 4.69) is 65.2 Å². The van der Waals surface area contributed by atoms with Gasteiger partial charge >= 0.3 is 0 Å². The molecule has 0 saturated carbocycles. The Kier molecular flexibility index (Phi) is 2.66. The highest BCUT2D eigenvalue weighted by molar-refractivity contribution is 5.84. The summed E-state index contributed by atoms with van der Waals surface area (Å²) in [5.41, 5.74) is 2.39. The fraction of sp³-hybridized carbons (Fsp3) is 0.167. The lowest BCUT2D eigenvalue weighted by molar-refractivity contribution is 0.573. The summed E-state index contributed by atoms with van der Waals surface area (Å²) in [4.78, 5) is 4.73. The second kappa shape index (κ2) is 4.64. The number of aromatic nitrogens is 1. The van der Waals surface area contributed by atoms with Crippen LogP contribution in [-0.2, 0) is 6.54 Å². The summed E-state index contributed by atoms with van der Waals surface area (Å²) >= 11 is 0. The second-order valence-electron chi connectivity index (χ2n) is 5.20. The summed E-state index contributed by atoms with van der Waals surface area (Å²) in [6, 6.07) is 19.1. The lowest BCUT2D eigenvalue weighted by atomic mass is 10.1. The van der Waals surface area contributed by atoms with Gasteiger partial charge in [0.05, 0.1) is 5.35 Å². The van der Waals surface area contributed by atoms with Crippen LogP contribution in [0.3, 0.4) is 0 Å². The van der Waals surface area contributed by atoms with E-state index in [4.69, 9.17) is 4.99 Å². The molecular formula is C18H16N2. The van der Waals surface area contributed by atoms with Gasteiger partial charge in [0, 0.05) is 23.9 Å². The van der Waals surface area contributed by atoms with E-state index in [1.807, 2.05) is 0 Å². The molecule has 3 aromatic rings. The molecule has 1 aliphatic heterocycles. The average molecular weight is 260 g/mol. The maximum Gasteiger partial charge on any atom is 0.136 e. The quantitative estimate of drug-likeness (QED) is 0.639. The van der Waals surface area contributed by atoms with Crippen LogP contribution in [0.15, 0.2) is 59.6 Å². The zero-order valence-corrected chi connectivity index (χ0v) is 11.3. The molecule has 0 spiro atoms. The fourth-order valence-corrected chi connectivity index (χ4v) is 2.98. The first-order valence-electron chi connectivity index (χ1n) is 7.12. The Morgan fingerprint density at radius 3 is 2.50 bits per heavy atom. The highest BCUT2D eigenvalue weighted by Crippen LogP contribution is 2.09. The van der Waals surface area contributed by atoms with Crippen molar-refractivity contribution in [3.63, 3.8) is 0 Å². The standard InChI is InChI=1S/C18H16N2/c1-2-7-14(8-3-1)13-17-15-9-4-5-10-16(15)18-19-11-6-12-20(17)18/h1-5,7-10,13H,6,11-12H2. The normalized spacial score (nSPS) is 15.1. The molecule has 0 N–H and O–H groups in total. The Bertz CT molecular complexity index is 873. The molecule has 0 fully saturated rings.